The largest absolute Gasteiger partial charge is 0.456 e. The third-order valence-electron chi connectivity index (χ3n) is 7.24. The summed E-state index contributed by atoms with van der Waals surface area (Å²) >= 11 is 3.33. The minimum absolute atomic E-state index is 0.0106. The van der Waals surface area contributed by atoms with Crippen molar-refractivity contribution < 1.29 is 19.1 Å². The van der Waals surface area contributed by atoms with Crippen molar-refractivity contribution in [3.63, 3.8) is 0 Å². The molecule has 0 aromatic heterocycles. The molecule has 0 radical (unpaired) electrons. The van der Waals surface area contributed by atoms with Gasteiger partial charge in [0.15, 0.2) is 12.4 Å². The molecule has 1 aromatic carbocycles. The number of carbonyl (C=O) groups excluding carboxylic acids is 3. The lowest BCUT2D eigenvalue weighted by Gasteiger charge is -2.55. The minimum Gasteiger partial charge on any atom is -0.456 e. The van der Waals surface area contributed by atoms with Gasteiger partial charge in [0.2, 0.25) is 5.91 Å². The van der Waals surface area contributed by atoms with E-state index < -0.39 is 12.0 Å². The zero-order valence-electron chi connectivity index (χ0n) is 17.7. The van der Waals surface area contributed by atoms with Crippen molar-refractivity contribution in [2.45, 2.75) is 58.4 Å². The number of rotatable bonds is 7. The van der Waals surface area contributed by atoms with Crippen LogP contribution in [0.25, 0.3) is 0 Å². The predicted octanol–water partition coefficient (Wildman–Crippen LogP) is 4.53. The average molecular weight is 476 g/mol. The van der Waals surface area contributed by atoms with Gasteiger partial charge in [-0.25, -0.2) is 4.79 Å². The Morgan fingerprint density at radius 1 is 1.03 bits per heavy atom. The van der Waals surface area contributed by atoms with Crippen molar-refractivity contribution in [1.29, 1.82) is 0 Å². The molecule has 162 valence electrons. The maximum absolute atomic E-state index is 13.3. The van der Waals surface area contributed by atoms with Crippen molar-refractivity contribution in [3.8, 4) is 0 Å². The first kappa shape index (κ1) is 21.5. The molecule has 0 unspecified atom stereocenters. The Kier molecular flexibility index (Phi) is 6.06. The SMILES string of the molecule is CC(C)[C@@H](NC(=O)C12CC3CC(CC(C3)C1)C2)C(=O)OCC(=O)c1ccc(Br)cc1. The first-order valence-electron chi connectivity index (χ1n) is 11.0. The van der Waals surface area contributed by atoms with Gasteiger partial charge in [-0.2, -0.15) is 0 Å². The van der Waals surface area contributed by atoms with Crippen molar-refractivity contribution in [2.75, 3.05) is 6.61 Å². The smallest absolute Gasteiger partial charge is 0.329 e. The molecule has 1 amide bonds. The van der Waals surface area contributed by atoms with Crippen molar-refractivity contribution in [3.05, 3.63) is 34.3 Å². The Morgan fingerprint density at radius 2 is 1.57 bits per heavy atom. The van der Waals surface area contributed by atoms with Gasteiger partial charge in [-0.3, -0.25) is 9.59 Å². The summed E-state index contributed by atoms with van der Waals surface area (Å²) in [5.74, 6) is 1.09. The van der Waals surface area contributed by atoms with Gasteiger partial charge in [0, 0.05) is 15.5 Å². The molecule has 30 heavy (non-hydrogen) atoms. The number of halogens is 1. The standard InChI is InChI=1S/C24H30BrNO4/c1-14(2)21(22(28)30-13-20(27)18-3-5-19(25)6-4-18)26-23(29)24-10-15-7-16(11-24)9-17(8-15)12-24/h3-6,14-17,21H,7-13H2,1-2H3,(H,26,29)/t15?,16?,17?,21-,24?/m1/s1. The highest BCUT2D eigenvalue weighted by atomic mass is 79.9. The van der Waals surface area contributed by atoms with Crippen molar-refractivity contribution in [1.82, 2.24) is 5.32 Å². The maximum Gasteiger partial charge on any atom is 0.329 e. The molecule has 0 heterocycles. The molecular weight excluding hydrogens is 446 g/mol. The third-order valence-corrected chi connectivity index (χ3v) is 7.77. The Bertz CT molecular complexity index is 797. The Morgan fingerprint density at radius 3 is 2.07 bits per heavy atom. The van der Waals surface area contributed by atoms with Crippen LogP contribution in [0.2, 0.25) is 0 Å². The number of nitrogens with one attached hydrogen (secondary N) is 1. The number of hydrogen-bond donors (Lipinski definition) is 1. The molecule has 4 bridgehead atoms. The van der Waals surface area contributed by atoms with E-state index in [-0.39, 0.29) is 29.6 Å². The summed E-state index contributed by atoms with van der Waals surface area (Å²) in [5, 5.41) is 3.01. The molecule has 1 N–H and O–H groups in total. The fraction of sp³-hybridized carbons (Fsp3) is 0.625. The molecule has 0 saturated heterocycles. The van der Waals surface area contributed by atoms with Crippen LogP contribution in [0.3, 0.4) is 0 Å². The summed E-state index contributed by atoms with van der Waals surface area (Å²) in [6.07, 6.45) is 6.65. The molecule has 0 aliphatic heterocycles. The zero-order chi connectivity index (χ0) is 21.5. The van der Waals surface area contributed by atoms with Gasteiger partial charge in [0.05, 0.1) is 0 Å². The molecular formula is C24H30BrNO4. The van der Waals surface area contributed by atoms with Crippen LogP contribution in [0.4, 0.5) is 0 Å². The number of amides is 1. The predicted molar refractivity (Wildman–Crippen MR) is 117 cm³/mol. The van der Waals surface area contributed by atoms with Crippen LogP contribution in [-0.2, 0) is 14.3 Å². The Balaban J connectivity index is 1.37. The molecule has 4 saturated carbocycles. The van der Waals surface area contributed by atoms with Gasteiger partial charge in [-0.05, 0) is 74.3 Å². The third kappa shape index (κ3) is 4.34. The van der Waals surface area contributed by atoms with Crippen LogP contribution in [0.5, 0.6) is 0 Å². The highest BCUT2D eigenvalue weighted by Gasteiger charge is 2.55. The summed E-state index contributed by atoms with van der Waals surface area (Å²) < 4.78 is 6.19. The number of Topliss-reactive ketones (excluding diaryl/α,β-unsaturated/α-hetero) is 1. The normalized spacial score (nSPS) is 30.2. The van der Waals surface area contributed by atoms with Crippen LogP contribution in [0.1, 0.15) is 62.7 Å². The van der Waals surface area contributed by atoms with Gasteiger partial charge in [-0.15, -0.1) is 0 Å². The summed E-state index contributed by atoms with van der Waals surface area (Å²) in [6, 6.07) is 6.20. The Hall–Kier alpha value is -1.69. The second kappa shape index (κ2) is 8.45. The maximum atomic E-state index is 13.3. The van der Waals surface area contributed by atoms with Crippen LogP contribution in [0, 0.1) is 29.1 Å². The van der Waals surface area contributed by atoms with E-state index in [9.17, 15) is 14.4 Å². The minimum atomic E-state index is -0.733. The van der Waals surface area contributed by atoms with E-state index in [1.807, 2.05) is 13.8 Å². The topological polar surface area (TPSA) is 72.5 Å². The van der Waals surface area contributed by atoms with E-state index in [0.29, 0.717) is 23.3 Å². The second-order valence-electron chi connectivity index (χ2n) is 9.93. The molecule has 1 atom stereocenters. The summed E-state index contributed by atoms with van der Waals surface area (Å²) in [7, 11) is 0. The quantitative estimate of drug-likeness (QED) is 0.464. The first-order valence-corrected chi connectivity index (χ1v) is 11.8. The van der Waals surface area contributed by atoms with E-state index in [2.05, 4.69) is 21.2 Å². The molecule has 5 rings (SSSR count). The van der Waals surface area contributed by atoms with E-state index in [4.69, 9.17) is 4.74 Å². The lowest BCUT2D eigenvalue weighted by Crippen LogP contribution is -2.57. The highest BCUT2D eigenvalue weighted by molar-refractivity contribution is 9.10. The van der Waals surface area contributed by atoms with E-state index >= 15 is 0 Å². The van der Waals surface area contributed by atoms with E-state index in [0.717, 1.165) is 23.7 Å². The number of benzene rings is 1. The molecule has 4 aliphatic carbocycles. The van der Waals surface area contributed by atoms with Crippen LogP contribution in [0.15, 0.2) is 28.7 Å². The zero-order valence-corrected chi connectivity index (χ0v) is 19.2. The van der Waals surface area contributed by atoms with E-state index in [1.54, 1.807) is 24.3 Å². The van der Waals surface area contributed by atoms with Gasteiger partial charge >= 0.3 is 5.97 Å². The molecule has 4 aliphatic rings. The second-order valence-corrected chi connectivity index (χ2v) is 10.8. The molecule has 4 fully saturated rings. The lowest BCUT2D eigenvalue weighted by molar-refractivity contribution is -0.154. The van der Waals surface area contributed by atoms with Crippen molar-refractivity contribution in [2.24, 2.45) is 29.1 Å². The molecule has 5 nitrogen and oxygen atoms in total. The number of ether oxygens (including phenoxy) is 1. The molecule has 1 aromatic rings. The Labute approximate surface area is 186 Å². The van der Waals surface area contributed by atoms with Gasteiger partial charge in [0.25, 0.3) is 0 Å². The summed E-state index contributed by atoms with van der Waals surface area (Å²) in [5.41, 5.74) is 0.180. The fourth-order valence-electron chi connectivity index (χ4n) is 6.13. The van der Waals surface area contributed by atoms with Gasteiger partial charge < -0.3 is 10.1 Å². The van der Waals surface area contributed by atoms with Crippen LogP contribution < -0.4 is 5.32 Å². The number of ketones is 1. The monoisotopic (exact) mass is 475 g/mol. The molecule has 0 spiro atoms. The highest BCUT2D eigenvalue weighted by Crippen LogP contribution is 2.60. The van der Waals surface area contributed by atoms with Crippen LogP contribution >= 0.6 is 15.9 Å². The lowest BCUT2D eigenvalue weighted by atomic mass is 9.49. The van der Waals surface area contributed by atoms with Gasteiger partial charge in [0.1, 0.15) is 6.04 Å². The number of esters is 1. The molecule has 6 heteroatoms. The number of carbonyl (C=O) groups is 3. The first-order chi connectivity index (χ1) is 14.3. The average Bonchev–Trinajstić information content (AvgIpc) is 2.69. The summed E-state index contributed by atoms with van der Waals surface area (Å²) in [4.78, 5) is 38.4. The summed E-state index contributed by atoms with van der Waals surface area (Å²) in [6.45, 7) is 3.46. The van der Waals surface area contributed by atoms with Crippen molar-refractivity contribution >= 4 is 33.6 Å². The van der Waals surface area contributed by atoms with Crippen LogP contribution in [-0.4, -0.2) is 30.3 Å². The fourth-order valence-corrected chi connectivity index (χ4v) is 6.39. The number of hydrogen-bond acceptors (Lipinski definition) is 4. The van der Waals surface area contributed by atoms with Gasteiger partial charge in [-0.1, -0.05) is 41.9 Å². The van der Waals surface area contributed by atoms with E-state index in [1.165, 1.54) is 19.3 Å².